The Bertz CT molecular complexity index is 985. The van der Waals surface area contributed by atoms with Gasteiger partial charge in [0.25, 0.3) is 5.91 Å². The minimum Gasteiger partial charge on any atom is -0.366 e. The van der Waals surface area contributed by atoms with Crippen molar-refractivity contribution in [3.05, 3.63) is 87.9 Å². The van der Waals surface area contributed by atoms with Crippen LogP contribution in [-0.4, -0.2) is 11.8 Å². The van der Waals surface area contributed by atoms with Crippen LogP contribution in [0.4, 0.5) is 5.69 Å². The molecule has 0 aliphatic rings. The molecule has 0 aliphatic heterocycles. The van der Waals surface area contributed by atoms with Gasteiger partial charge in [0.1, 0.15) is 0 Å². The van der Waals surface area contributed by atoms with Crippen LogP contribution in [0.1, 0.15) is 20.7 Å². The number of amides is 2. The maximum atomic E-state index is 12.3. The first kappa shape index (κ1) is 18.0. The largest absolute Gasteiger partial charge is 0.366 e. The normalized spacial score (nSPS) is 10.4. The average Bonchev–Trinajstić information content (AvgIpc) is 2.64. The molecule has 0 spiro atoms. The standard InChI is InChI=1S/C20H13Cl2N2O2/c21-16-7-4-12(5-8-16)20(26)24-18-9-6-14(11-17(18)22)13-2-1-3-15(10-13)19(23)25/h1,3-11H,(H2,23,25)(H,24,26). The van der Waals surface area contributed by atoms with Crippen LogP contribution in [0.5, 0.6) is 0 Å². The second-order valence-corrected chi connectivity index (χ2v) is 6.35. The third-order valence-electron chi connectivity index (χ3n) is 3.72. The summed E-state index contributed by atoms with van der Waals surface area (Å²) in [5.74, 6) is -0.809. The van der Waals surface area contributed by atoms with Gasteiger partial charge in [0, 0.05) is 16.1 Å². The monoisotopic (exact) mass is 383 g/mol. The van der Waals surface area contributed by atoms with E-state index >= 15 is 0 Å². The summed E-state index contributed by atoms with van der Waals surface area (Å²) in [5, 5.41) is 3.67. The van der Waals surface area contributed by atoms with Crippen LogP contribution in [0.2, 0.25) is 10.0 Å². The van der Waals surface area contributed by atoms with Crippen LogP contribution in [0.15, 0.2) is 60.7 Å². The van der Waals surface area contributed by atoms with E-state index in [1.807, 2.05) is 0 Å². The molecule has 6 heteroatoms. The molecular weight excluding hydrogens is 371 g/mol. The van der Waals surface area contributed by atoms with Gasteiger partial charge in [-0.05, 0) is 65.7 Å². The fraction of sp³-hybridized carbons (Fsp3) is 0. The van der Waals surface area contributed by atoms with E-state index in [1.165, 1.54) is 0 Å². The Balaban J connectivity index is 1.83. The number of hydrogen-bond donors (Lipinski definition) is 2. The summed E-state index contributed by atoms with van der Waals surface area (Å²) in [4.78, 5) is 23.6. The van der Waals surface area contributed by atoms with E-state index in [0.29, 0.717) is 32.4 Å². The van der Waals surface area contributed by atoms with Gasteiger partial charge in [-0.1, -0.05) is 35.3 Å². The number of nitrogens with two attached hydrogens (primary N) is 1. The zero-order valence-corrected chi connectivity index (χ0v) is 14.9. The molecule has 129 valence electrons. The van der Waals surface area contributed by atoms with E-state index in [2.05, 4.69) is 11.4 Å². The van der Waals surface area contributed by atoms with Crippen LogP contribution in [0.3, 0.4) is 0 Å². The lowest BCUT2D eigenvalue weighted by molar-refractivity contribution is 0.0997. The predicted octanol–water partition coefficient (Wildman–Crippen LogP) is 4.81. The van der Waals surface area contributed by atoms with Crippen LogP contribution in [0.25, 0.3) is 11.1 Å². The Morgan fingerprint density at radius 3 is 2.31 bits per heavy atom. The molecule has 26 heavy (non-hydrogen) atoms. The van der Waals surface area contributed by atoms with Crippen molar-refractivity contribution in [2.75, 3.05) is 5.32 Å². The molecule has 3 aromatic carbocycles. The number of nitrogens with one attached hydrogen (secondary N) is 1. The summed E-state index contributed by atoms with van der Waals surface area (Å²) in [6.45, 7) is 0. The topological polar surface area (TPSA) is 72.2 Å². The molecular formula is C20H13Cl2N2O2. The number of anilines is 1. The highest BCUT2D eigenvalue weighted by atomic mass is 35.5. The first-order valence-corrected chi connectivity index (χ1v) is 8.38. The van der Waals surface area contributed by atoms with Gasteiger partial charge in [0.05, 0.1) is 10.7 Å². The molecule has 0 aromatic heterocycles. The van der Waals surface area contributed by atoms with E-state index in [1.54, 1.807) is 60.7 Å². The predicted molar refractivity (Wildman–Crippen MR) is 104 cm³/mol. The molecule has 0 aliphatic carbocycles. The molecule has 3 aromatic rings. The number of hydrogen-bond acceptors (Lipinski definition) is 2. The Morgan fingerprint density at radius 2 is 1.65 bits per heavy atom. The van der Waals surface area contributed by atoms with Crippen molar-refractivity contribution in [3.63, 3.8) is 0 Å². The summed E-state index contributed by atoms with van der Waals surface area (Å²) in [6, 6.07) is 19.6. The average molecular weight is 384 g/mol. The SMILES string of the molecule is NC(=O)c1cc[c]c(-c2ccc(NC(=O)c3ccc(Cl)cc3)c(Cl)c2)c1. The maximum Gasteiger partial charge on any atom is 0.255 e. The third-order valence-corrected chi connectivity index (χ3v) is 4.29. The molecule has 0 heterocycles. The second-order valence-electron chi connectivity index (χ2n) is 5.51. The van der Waals surface area contributed by atoms with Crippen molar-refractivity contribution in [1.29, 1.82) is 0 Å². The van der Waals surface area contributed by atoms with Crippen molar-refractivity contribution >= 4 is 40.7 Å². The highest BCUT2D eigenvalue weighted by Gasteiger charge is 2.10. The van der Waals surface area contributed by atoms with Gasteiger partial charge >= 0.3 is 0 Å². The molecule has 3 rings (SSSR count). The summed E-state index contributed by atoms with van der Waals surface area (Å²) in [5.41, 5.74) is 8.06. The first-order chi connectivity index (χ1) is 12.4. The van der Waals surface area contributed by atoms with Crippen LogP contribution in [0, 0.1) is 6.07 Å². The van der Waals surface area contributed by atoms with Crippen molar-refractivity contribution < 1.29 is 9.59 Å². The lowest BCUT2D eigenvalue weighted by Gasteiger charge is -2.10. The molecule has 4 nitrogen and oxygen atoms in total. The van der Waals surface area contributed by atoms with Gasteiger partial charge in [0.2, 0.25) is 5.91 Å². The minimum absolute atomic E-state index is 0.293. The number of primary amides is 1. The molecule has 0 fully saturated rings. The Labute approximate surface area is 160 Å². The summed E-state index contributed by atoms with van der Waals surface area (Å²) < 4.78 is 0. The lowest BCUT2D eigenvalue weighted by atomic mass is 10.0. The van der Waals surface area contributed by atoms with Crippen LogP contribution >= 0.6 is 23.2 Å². The fourth-order valence-corrected chi connectivity index (χ4v) is 2.72. The van der Waals surface area contributed by atoms with E-state index in [0.717, 1.165) is 5.56 Å². The molecule has 0 unspecified atom stereocenters. The van der Waals surface area contributed by atoms with Gasteiger partial charge < -0.3 is 11.1 Å². The Morgan fingerprint density at radius 1 is 0.923 bits per heavy atom. The number of rotatable bonds is 4. The minimum atomic E-state index is -0.516. The van der Waals surface area contributed by atoms with Gasteiger partial charge in [-0.25, -0.2) is 0 Å². The highest BCUT2D eigenvalue weighted by molar-refractivity contribution is 6.34. The zero-order chi connectivity index (χ0) is 18.7. The Kier molecular flexibility index (Phi) is 5.26. The molecule has 0 saturated carbocycles. The molecule has 0 bridgehead atoms. The summed E-state index contributed by atoms with van der Waals surface area (Å²) >= 11 is 12.1. The molecule has 2 amide bonds. The fourth-order valence-electron chi connectivity index (χ4n) is 2.37. The molecule has 1 radical (unpaired) electrons. The molecule has 0 atom stereocenters. The molecule has 0 saturated heterocycles. The summed E-state index contributed by atoms with van der Waals surface area (Å²) in [7, 11) is 0. The lowest BCUT2D eigenvalue weighted by Crippen LogP contribution is -2.12. The maximum absolute atomic E-state index is 12.3. The number of carbonyl (C=O) groups is 2. The Hall–Kier alpha value is -2.82. The van der Waals surface area contributed by atoms with Crippen molar-refractivity contribution in [2.24, 2.45) is 5.73 Å². The smallest absolute Gasteiger partial charge is 0.255 e. The van der Waals surface area contributed by atoms with E-state index in [4.69, 9.17) is 28.9 Å². The van der Waals surface area contributed by atoms with E-state index < -0.39 is 5.91 Å². The number of benzene rings is 3. The number of halogens is 2. The quantitative estimate of drug-likeness (QED) is 0.678. The third kappa shape index (κ3) is 4.04. The van der Waals surface area contributed by atoms with E-state index in [-0.39, 0.29) is 5.91 Å². The van der Waals surface area contributed by atoms with Crippen LogP contribution in [-0.2, 0) is 0 Å². The van der Waals surface area contributed by atoms with Crippen LogP contribution < -0.4 is 11.1 Å². The molecule has 3 N–H and O–H groups in total. The first-order valence-electron chi connectivity index (χ1n) is 7.62. The van der Waals surface area contributed by atoms with Gasteiger partial charge in [-0.2, -0.15) is 0 Å². The zero-order valence-electron chi connectivity index (χ0n) is 13.4. The van der Waals surface area contributed by atoms with Gasteiger partial charge in [-0.15, -0.1) is 0 Å². The van der Waals surface area contributed by atoms with Crippen molar-refractivity contribution in [1.82, 2.24) is 0 Å². The van der Waals surface area contributed by atoms with Gasteiger partial charge in [-0.3, -0.25) is 9.59 Å². The second kappa shape index (κ2) is 7.60. The number of carbonyl (C=O) groups excluding carboxylic acids is 2. The van der Waals surface area contributed by atoms with Crippen molar-refractivity contribution in [2.45, 2.75) is 0 Å². The summed E-state index contributed by atoms with van der Waals surface area (Å²) in [6.07, 6.45) is 0. The van der Waals surface area contributed by atoms with E-state index in [9.17, 15) is 9.59 Å². The van der Waals surface area contributed by atoms with Crippen molar-refractivity contribution in [3.8, 4) is 11.1 Å². The highest BCUT2D eigenvalue weighted by Crippen LogP contribution is 2.29. The van der Waals surface area contributed by atoms with Gasteiger partial charge in [0.15, 0.2) is 0 Å².